The van der Waals surface area contributed by atoms with Gasteiger partial charge in [-0.25, -0.2) is 4.39 Å². The Labute approximate surface area is 166 Å². The third kappa shape index (κ3) is 4.64. The van der Waals surface area contributed by atoms with Gasteiger partial charge in [0.25, 0.3) is 5.56 Å². The lowest BCUT2D eigenvalue weighted by Crippen LogP contribution is -2.37. The van der Waals surface area contributed by atoms with Gasteiger partial charge in [-0.2, -0.15) is 0 Å². The van der Waals surface area contributed by atoms with E-state index in [1.54, 1.807) is 37.3 Å². The van der Waals surface area contributed by atoms with E-state index >= 15 is 0 Å². The van der Waals surface area contributed by atoms with Crippen LogP contribution >= 0.6 is 12.2 Å². The minimum Gasteiger partial charge on any atom is -0.488 e. The van der Waals surface area contributed by atoms with Crippen molar-refractivity contribution in [3.8, 4) is 5.75 Å². The van der Waals surface area contributed by atoms with Crippen molar-refractivity contribution >= 4 is 29.0 Å². The maximum Gasteiger partial charge on any atom is 0.262 e. The smallest absolute Gasteiger partial charge is 0.262 e. The molecule has 0 aliphatic heterocycles. The summed E-state index contributed by atoms with van der Waals surface area (Å²) >= 11 is 5.23. The van der Waals surface area contributed by atoms with Crippen LogP contribution in [0.5, 0.6) is 5.75 Å². The lowest BCUT2D eigenvalue weighted by molar-refractivity contribution is -0.122. The average Bonchev–Trinajstić information content (AvgIpc) is 2.67. The Bertz CT molecular complexity index is 1110. The van der Waals surface area contributed by atoms with E-state index < -0.39 is 5.82 Å². The first-order valence-electron chi connectivity index (χ1n) is 8.84. The summed E-state index contributed by atoms with van der Waals surface area (Å²) in [6, 6.07) is 12.8. The van der Waals surface area contributed by atoms with Gasteiger partial charge >= 0.3 is 0 Å². The molecular formula is C20H20FN3O3S. The molecule has 3 rings (SSSR count). The van der Waals surface area contributed by atoms with E-state index in [9.17, 15) is 14.0 Å². The van der Waals surface area contributed by atoms with E-state index in [0.29, 0.717) is 10.9 Å². The number of benzene rings is 2. The molecule has 0 bridgehead atoms. The van der Waals surface area contributed by atoms with E-state index in [4.69, 9.17) is 17.0 Å². The molecule has 1 unspecified atom stereocenters. The fourth-order valence-corrected chi connectivity index (χ4v) is 3.06. The topological polar surface area (TPSA) is 76.1 Å². The zero-order valence-corrected chi connectivity index (χ0v) is 16.1. The number of para-hydroxylation sites is 2. The molecule has 1 heterocycles. The zero-order chi connectivity index (χ0) is 20.1. The van der Waals surface area contributed by atoms with Crippen LogP contribution in [0.3, 0.4) is 0 Å². The molecule has 2 N–H and O–H groups in total. The lowest BCUT2D eigenvalue weighted by Gasteiger charge is -2.15. The predicted molar refractivity (Wildman–Crippen MR) is 108 cm³/mol. The van der Waals surface area contributed by atoms with Crippen molar-refractivity contribution in [1.29, 1.82) is 0 Å². The molecule has 0 aliphatic carbocycles. The number of rotatable bonds is 7. The maximum absolute atomic E-state index is 13.5. The second-order valence-electron chi connectivity index (χ2n) is 6.39. The monoisotopic (exact) mass is 401 g/mol. The Balaban J connectivity index is 1.57. The molecule has 0 saturated carbocycles. The summed E-state index contributed by atoms with van der Waals surface area (Å²) in [5.41, 5.74) is 0.431. The Morgan fingerprint density at radius 2 is 1.96 bits per heavy atom. The first kappa shape index (κ1) is 19.8. The van der Waals surface area contributed by atoms with Gasteiger partial charge in [-0.3, -0.25) is 14.2 Å². The molecule has 6 nitrogen and oxygen atoms in total. The van der Waals surface area contributed by atoms with E-state index in [1.165, 1.54) is 16.7 Å². The summed E-state index contributed by atoms with van der Waals surface area (Å²) in [5.74, 6) is -0.567. The van der Waals surface area contributed by atoms with Crippen LogP contribution in [0.1, 0.15) is 13.3 Å². The summed E-state index contributed by atoms with van der Waals surface area (Å²) in [4.78, 5) is 27.8. The van der Waals surface area contributed by atoms with Crippen LogP contribution in [0.4, 0.5) is 4.39 Å². The van der Waals surface area contributed by atoms with Crippen LogP contribution in [0, 0.1) is 10.6 Å². The molecule has 3 aromatic rings. The first-order valence-corrected chi connectivity index (χ1v) is 9.25. The highest BCUT2D eigenvalue weighted by atomic mass is 32.1. The maximum atomic E-state index is 13.5. The minimum absolute atomic E-state index is 0.0831. The lowest BCUT2D eigenvalue weighted by atomic mass is 10.2. The summed E-state index contributed by atoms with van der Waals surface area (Å²) < 4.78 is 20.6. The molecule has 0 aliphatic rings. The van der Waals surface area contributed by atoms with Gasteiger partial charge in [0.05, 0.1) is 16.9 Å². The zero-order valence-electron chi connectivity index (χ0n) is 15.3. The van der Waals surface area contributed by atoms with Crippen LogP contribution in [0.2, 0.25) is 0 Å². The van der Waals surface area contributed by atoms with Crippen LogP contribution in [-0.4, -0.2) is 28.1 Å². The van der Waals surface area contributed by atoms with Crippen LogP contribution in [0.15, 0.2) is 53.3 Å². The quantitative estimate of drug-likeness (QED) is 0.597. The van der Waals surface area contributed by atoms with Gasteiger partial charge in [-0.15, -0.1) is 0 Å². The summed E-state index contributed by atoms with van der Waals surface area (Å²) in [6.45, 7) is 2.04. The van der Waals surface area contributed by atoms with Crippen molar-refractivity contribution in [2.75, 3.05) is 6.61 Å². The standard InChI is InChI=1S/C20H20FN3O3S/c1-13(12-27-17-9-5-3-7-15(17)21)22-18(25)10-11-24-19(26)14-6-2-4-8-16(14)23-20(24)28/h2-9,13H,10-12H2,1H3,(H,22,25)(H,23,28). The summed E-state index contributed by atoms with van der Waals surface area (Å²) in [5, 5.41) is 3.29. The number of hydrogen-bond acceptors (Lipinski definition) is 4. The van der Waals surface area contributed by atoms with Crippen LogP contribution < -0.4 is 15.6 Å². The molecule has 0 fully saturated rings. The molecule has 1 atom stereocenters. The fourth-order valence-electron chi connectivity index (χ4n) is 2.78. The number of H-pyrrole nitrogens is 1. The molecule has 2 aromatic carbocycles. The average molecular weight is 401 g/mol. The largest absolute Gasteiger partial charge is 0.488 e. The highest BCUT2D eigenvalue weighted by Crippen LogP contribution is 2.15. The minimum atomic E-state index is -0.453. The van der Waals surface area contributed by atoms with Gasteiger partial charge < -0.3 is 15.0 Å². The molecule has 0 saturated heterocycles. The fraction of sp³-hybridized carbons (Fsp3) is 0.250. The SMILES string of the molecule is CC(COc1ccccc1F)NC(=O)CCn1c(=S)[nH]c2ccccc2c1=O. The number of halogens is 1. The number of amides is 1. The predicted octanol–water partition coefficient (Wildman–Crippen LogP) is 3.17. The van der Waals surface area contributed by atoms with Crippen molar-refractivity contribution in [3.63, 3.8) is 0 Å². The van der Waals surface area contributed by atoms with Crippen LogP contribution in [-0.2, 0) is 11.3 Å². The molecule has 1 amide bonds. The number of nitrogens with zero attached hydrogens (tertiary/aromatic N) is 1. The van der Waals surface area contributed by atoms with Crippen LogP contribution in [0.25, 0.3) is 10.9 Å². The van der Waals surface area contributed by atoms with E-state index in [1.807, 2.05) is 6.07 Å². The van der Waals surface area contributed by atoms with Crippen molar-refractivity contribution in [1.82, 2.24) is 14.9 Å². The van der Waals surface area contributed by atoms with Crippen molar-refractivity contribution in [2.45, 2.75) is 25.9 Å². The Morgan fingerprint density at radius 3 is 2.75 bits per heavy atom. The molecule has 28 heavy (non-hydrogen) atoms. The first-order chi connectivity index (χ1) is 13.5. The number of fused-ring (bicyclic) bond motifs is 1. The number of ether oxygens (including phenoxy) is 1. The second kappa shape index (κ2) is 8.79. The molecule has 8 heteroatoms. The molecular weight excluding hydrogens is 381 g/mol. The number of carbonyl (C=O) groups excluding carboxylic acids is 1. The van der Waals surface area contributed by atoms with Gasteiger partial charge in [-0.05, 0) is 43.4 Å². The highest BCUT2D eigenvalue weighted by molar-refractivity contribution is 7.71. The Morgan fingerprint density at radius 1 is 1.25 bits per heavy atom. The number of carbonyl (C=O) groups is 1. The van der Waals surface area contributed by atoms with Crippen molar-refractivity contribution in [3.05, 3.63) is 69.5 Å². The molecule has 0 radical (unpaired) electrons. The van der Waals surface area contributed by atoms with Gasteiger partial charge in [0.1, 0.15) is 6.61 Å². The molecule has 1 aromatic heterocycles. The highest BCUT2D eigenvalue weighted by Gasteiger charge is 2.11. The number of aromatic amines is 1. The van der Waals surface area contributed by atoms with E-state index in [2.05, 4.69) is 10.3 Å². The number of hydrogen-bond donors (Lipinski definition) is 2. The van der Waals surface area contributed by atoms with Gasteiger partial charge in [0, 0.05) is 13.0 Å². The summed E-state index contributed by atoms with van der Waals surface area (Å²) in [7, 11) is 0. The number of aromatic nitrogens is 2. The molecule has 146 valence electrons. The van der Waals surface area contributed by atoms with Gasteiger partial charge in [0.15, 0.2) is 16.3 Å². The van der Waals surface area contributed by atoms with E-state index in [0.717, 1.165) is 0 Å². The van der Waals surface area contributed by atoms with Crippen molar-refractivity contribution < 1.29 is 13.9 Å². The van der Waals surface area contributed by atoms with Crippen molar-refractivity contribution in [2.24, 2.45) is 0 Å². The van der Waals surface area contributed by atoms with Gasteiger partial charge in [0.2, 0.25) is 5.91 Å². The van der Waals surface area contributed by atoms with E-state index in [-0.39, 0.29) is 47.6 Å². The Kier molecular flexibility index (Phi) is 6.20. The number of nitrogens with one attached hydrogen (secondary N) is 2. The third-order valence-corrected chi connectivity index (χ3v) is 4.51. The summed E-state index contributed by atoms with van der Waals surface area (Å²) in [6.07, 6.45) is 0.0831. The van der Waals surface area contributed by atoms with Gasteiger partial charge in [-0.1, -0.05) is 24.3 Å². The normalized spacial score (nSPS) is 11.9. The second-order valence-corrected chi connectivity index (χ2v) is 6.78. The Hall–Kier alpha value is -3.00. The third-order valence-electron chi connectivity index (χ3n) is 4.18. The molecule has 0 spiro atoms.